The van der Waals surface area contributed by atoms with Crippen molar-refractivity contribution in [2.24, 2.45) is 22.7 Å². The van der Waals surface area contributed by atoms with Crippen LogP contribution >= 0.6 is 0 Å². The number of Topliss-reactive ketones (excluding diaryl/α,β-unsaturated/α-hetero) is 1. The van der Waals surface area contributed by atoms with E-state index < -0.39 is 23.2 Å². The summed E-state index contributed by atoms with van der Waals surface area (Å²) >= 11 is 0. The van der Waals surface area contributed by atoms with Gasteiger partial charge < -0.3 is 9.64 Å². The summed E-state index contributed by atoms with van der Waals surface area (Å²) in [5, 5.41) is 0. The van der Waals surface area contributed by atoms with Crippen LogP contribution in [0, 0.1) is 34.5 Å². The van der Waals surface area contributed by atoms with Gasteiger partial charge in [-0.15, -0.1) is 0 Å². The molecular formula is C33H35F4NO3. The smallest absolute Gasteiger partial charge is 0.378 e. The molecule has 3 fully saturated rings. The summed E-state index contributed by atoms with van der Waals surface area (Å²) in [5.41, 5.74) is 2.22. The molecule has 8 heteroatoms. The van der Waals surface area contributed by atoms with E-state index in [4.69, 9.17) is 4.74 Å². The molecule has 0 amide bonds. The number of ether oxygens (including phenoxy) is 1. The molecule has 0 bridgehead atoms. The van der Waals surface area contributed by atoms with Gasteiger partial charge in [0, 0.05) is 37.0 Å². The normalized spacial score (nSPS) is 35.1. The Balaban J connectivity index is 1.49. The van der Waals surface area contributed by atoms with Crippen LogP contribution in [0.3, 0.4) is 0 Å². The maximum absolute atomic E-state index is 15.8. The number of morpholine rings is 1. The molecule has 0 spiro atoms. The maximum atomic E-state index is 15.8. The maximum Gasteiger partial charge on any atom is 0.457 e. The molecule has 2 saturated carbocycles. The third-order valence-corrected chi connectivity index (χ3v) is 10.6. The summed E-state index contributed by atoms with van der Waals surface area (Å²) in [7, 11) is 0. The summed E-state index contributed by atoms with van der Waals surface area (Å²) in [5.74, 6) is 2.85. The van der Waals surface area contributed by atoms with Crippen molar-refractivity contribution in [1.29, 1.82) is 0 Å². The van der Waals surface area contributed by atoms with Crippen molar-refractivity contribution < 1.29 is 31.9 Å². The van der Waals surface area contributed by atoms with Crippen LogP contribution in [0.2, 0.25) is 0 Å². The molecule has 0 N–H and O–H groups in total. The van der Waals surface area contributed by atoms with E-state index in [0.717, 1.165) is 35.5 Å². The lowest BCUT2D eigenvalue weighted by atomic mass is 9.48. The molecule has 1 saturated heterocycles. The van der Waals surface area contributed by atoms with E-state index in [2.05, 4.69) is 35.1 Å². The first-order valence-corrected chi connectivity index (χ1v) is 14.6. The lowest BCUT2D eigenvalue weighted by Gasteiger charge is -2.55. The molecule has 0 aromatic heterocycles. The predicted octanol–water partition coefficient (Wildman–Crippen LogP) is 6.51. The van der Waals surface area contributed by atoms with Gasteiger partial charge in [0.15, 0.2) is 5.78 Å². The Morgan fingerprint density at radius 2 is 1.83 bits per heavy atom. The molecular weight excluding hydrogens is 534 g/mol. The Morgan fingerprint density at radius 1 is 1.12 bits per heavy atom. The molecule has 1 unspecified atom stereocenters. The second kappa shape index (κ2) is 10.1. The first-order valence-electron chi connectivity index (χ1n) is 14.6. The first kappa shape index (κ1) is 28.2. The fourth-order valence-electron chi connectivity index (χ4n) is 8.75. The molecule has 6 atom stereocenters. The van der Waals surface area contributed by atoms with Crippen LogP contribution in [0.1, 0.15) is 63.9 Å². The summed E-state index contributed by atoms with van der Waals surface area (Å²) in [6.07, 6.45) is -2.43. The molecule has 1 aromatic carbocycles. The van der Waals surface area contributed by atoms with Crippen molar-refractivity contribution in [3.63, 3.8) is 0 Å². The quantitative estimate of drug-likeness (QED) is 0.308. The van der Waals surface area contributed by atoms with Crippen LogP contribution < -0.4 is 4.90 Å². The number of fused-ring (bicyclic) bond motifs is 4. The molecule has 218 valence electrons. The largest absolute Gasteiger partial charge is 0.457 e. The van der Waals surface area contributed by atoms with Gasteiger partial charge in [-0.2, -0.15) is 13.2 Å². The van der Waals surface area contributed by atoms with Crippen molar-refractivity contribution in [3.8, 4) is 11.8 Å². The SMILES string of the molecule is CC(=O)[C@@]1(C#CC(F)(F)F)CC[C@H]2[C@@H]3CC(F)C4=CC(=O)CCC4=C3[C@@H](c3ccc(N4CCOCC4)cc3)C[C@@]21C. The van der Waals surface area contributed by atoms with Crippen LogP contribution in [0.15, 0.2) is 47.1 Å². The molecule has 4 nitrogen and oxygen atoms in total. The molecule has 1 aliphatic heterocycles. The van der Waals surface area contributed by atoms with Crippen LogP contribution in [0.4, 0.5) is 23.2 Å². The van der Waals surface area contributed by atoms with E-state index >= 15 is 4.39 Å². The minimum absolute atomic E-state index is 0.0728. The van der Waals surface area contributed by atoms with Crippen LogP contribution in [-0.4, -0.2) is 50.2 Å². The van der Waals surface area contributed by atoms with Crippen LogP contribution in [-0.2, 0) is 14.3 Å². The number of hydrogen-bond acceptors (Lipinski definition) is 4. The highest BCUT2D eigenvalue weighted by atomic mass is 19.4. The number of rotatable bonds is 3. The Morgan fingerprint density at radius 3 is 2.49 bits per heavy atom. The topological polar surface area (TPSA) is 46.6 Å². The number of benzene rings is 1. The van der Waals surface area contributed by atoms with Crippen molar-refractivity contribution >= 4 is 17.3 Å². The van der Waals surface area contributed by atoms with E-state index in [1.807, 2.05) is 6.92 Å². The third kappa shape index (κ3) is 4.65. The number of nitrogens with zero attached hydrogens (tertiary/aromatic N) is 1. The zero-order valence-electron chi connectivity index (χ0n) is 23.5. The van der Waals surface area contributed by atoms with Crippen molar-refractivity contribution in [3.05, 3.63) is 52.6 Å². The number of ketones is 2. The average Bonchev–Trinajstić information content (AvgIpc) is 3.25. The van der Waals surface area contributed by atoms with E-state index in [1.165, 1.54) is 18.9 Å². The molecule has 5 aliphatic rings. The first-order chi connectivity index (χ1) is 19.4. The van der Waals surface area contributed by atoms with Gasteiger partial charge in [-0.05, 0) is 91.2 Å². The fourth-order valence-corrected chi connectivity index (χ4v) is 8.75. The highest BCUT2D eigenvalue weighted by Gasteiger charge is 2.65. The summed E-state index contributed by atoms with van der Waals surface area (Å²) < 4.78 is 61.4. The number of halogens is 4. The van der Waals surface area contributed by atoms with E-state index in [1.54, 1.807) is 0 Å². The Kier molecular flexibility index (Phi) is 6.96. The molecule has 0 radical (unpaired) electrons. The zero-order valence-corrected chi connectivity index (χ0v) is 23.5. The Labute approximate surface area is 238 Å². The number of allylic oxidation sites excluding steroid dienone is 4. The van der Waals surface area contributed by atoms with Gasteiger partial charge in [0.25, 0.3) is 0 Å². The summed E-state index contributed by atoms with van der Waals surface area (Å²) in [6.45, 7) is 6.17. The number of alkyl halides is 4. The second-order valence-corrected chi connectivity index (χ2v) is 12.5. The molecule has 1 heterocycles. The number of carbonyl (C=O) groups is 2. The fraction of sp³-hybridized carbons (Fsp3) is 0.576. The molecule has 4 aliphatic carbocycles. The highest BCUT2D eigenvalue weighted by molar-refractivity contribution is 5.93. The van der Waals surface area contributed by atoms with Crippen molar-refractivity contribution in [2.45, 2.75) is 70.6 Å². The summed E-state index contributed by atoms with van der Waals surface area (Å²) in [6, 6.07) is 8.25. The average molecular weight is 570 g/mol. The zero-order chi connectivity index (χ0) is 29.2. The minimum atomic E-state index is -4.71. The van der Waals surface area contributed by atoms with Gasteiger partial charge in [-0.25, -0.2) is 4.39 Å². The number of hydrogen-bond donors (Lipinski definition) is 0. The Hall–Kier alpha value is -2.92. The number of anilines is 1. The predicted molar refractivity (Wildman–Crippen MR) is 147 cm³/mol. The molecule has 41 heavy (non-hydrogen) atoms. The van der Waals surface area contributed by atoms with Crippen LogP contribution in [0.25, 0.3) is 0 Å². The lowest BCUT2D eigenvalue weighted by molar-refractivity contribution is -0.130. The van der Waals surface area contributed by atoms with Crippen molar-refractivity contribution in [2.75, 3.05) is 31.2 Å². The van der Waals surface area contributed by atoms with E-state index in [9.17, 15) is 22.8 Å². The minimum Gasteiger partial charge on any atom is -0.378 e. The summed E-state index contributed by atoms with van der Waals surface area (Å²) in [4.78, 5) is 27.8. The highest BCUT2D eigenvalue weighted by Crippen LogP contribution is 2.69. The standard InChI is InChI=1S/C33H35F4NO3/c1-20(39)32(11-12-33(35,36)37)10-9-28-26-18-29(34)25-17-23(40)7-8-24(25)30(26)27(19-31(28,32)2)21-3-5-22(6-4-21)38-13-15-41-16-14-38/h3-6,17,26-29H,7-10,13-16,18-19H2,1-2H3/t26-,27+,28-,29?,31-,32-/m0/s1. The monoisotopic (exact) mass is 569 g/mol. The van der Waals surface area contributed by atoms with E-state index in [-0.39, 0.29) is 42.2 Å². The van der Waals surface area contributed by atoms with Gasteiger partial charge in [-0.1, -0.05) is 30.6 Å². The van der Waals surface area contributed by atoms with Gasteiger partial charge in [0.2, 0.25) is 0 Å². The van der Waals surface area contributed by atoms with E-state index in [0.29, 0.717) is 44.5 Å². The van der Waals surface area contributed by atoms with Crippen LogP contribution in [0.5, 0.6) is 0 Å². The van der Waals surface area contributed by atoms with Gasteiger partial charge in [0.05, 0.1) is 18.6 Å². The molecule has 6 rings (SSSR count). The lowest BCUT2D eigenvalue weighted by Crippen LogP contribution is -2.51. The van der Waals surface area contributed by atoms with Crippen molar-refractivity contribution in [1.82, 2.24) is 0 Å². The van der Waals surface area contributed by atoms with Gasteiger partial charge in [-0.3, -0.25) is 9.59 Å². The van der Waals surface area contributed by atoms with Gasteiger partial charge >= 0.3 is 6.18 Å². The molecule has 1 aromatic rings. The Bertz CT molecular complexity index is 1380. The third-order valence-electron chi connectivity index (χ3n) is 10.6. The second-order valence-electron chi connectivity index (χ2n) is 12.5. The number of carbonyl (C=O) groups excluding carboxylic acids is 2. The van der Waals surface area contributed by atoms with Gasteiger partial charge in [0.1, 0.15) is 12.0 Å².